The molecule has 1 aromatic heterocycles. The quantitative estimate of drug-likeness (QED) is 0.570. The molecule has 2 heterocycles. The third-order valence-corrected chi connectivity index (χ3v) is 7.55. The number of sulfonamides is 1. The van der Waals surface area contributed by atoms with Crippen molar-refractivity contribution in [2.75, 3.05) is 46.3 Å². The molecular weight excluding hydrogens is 398 g/mol. The van der Waals surface area contributed by atoms with Crippen molar-refractivity contribution in [1.29, 1.82) is 0 Å². The topological polar surface area (TPSA) is 77.2 Å². The molecule has 3 rings (SSSR count). The summed E-state index contributed by atoms with van der Waals surface area (Å²) in [5, 5.41) is 4.51. The summed E-state index contributed by atoms with van der Waals surface area (Å²) in [6.45, 7) is 9.54. The summed E-state index contributed by atoms with van der Waals surface area (Å²) in [4.78, 5) is 3.50. The van der Waals surface area contributed by atoms with Crippen molar-refractivity contribution in [2.24, 2.45) is 0 Å². The lowest BCUT2D eigenvalue weighted by Crippen LogP contribution is -3.26. The van der Waals surface area contributed by atoms with E-state index in [9.17, 15) is 8.42 Å². The number of hydrogen-bond donors (Lipinski definition) is 2. The largest absolute Gasteiger partial charge is 0.409 e. The summed E-state index contributed by atoms with van der Waals surface area (Å²) in [5.41, 5.74) is 0.607. The van der Waals surface area contributed by atoms with Crippen LogP contribution in [0.4, 0.5) is 0 Å². The number of quaternary nitrogens is 2. The minimum absolute atomic E-state index is 0.233. The molecule has 0 amide bonds. The first-order valence-corrected chi connectivity index (χ1v) is 11.5. The van der Waals surface area contributed by atoms with Gasteiger partial charge in [0.25, 0.3) is 4.84 Å². The van der Waals surface area contributed by atoms with Crippen molar-refractivity contribution in [1.82, 2.24) is 14.1 Å². The van der Waals surface area contributed by atoms with Crippen molar-refractivity contribution in [3.63, 3.8) is 0 Å². The molecule has 0 spiro atoms. The van der Waals surface area contributed by atoms with Crippen LogP contribution in [0, 0.1) is 4.84 Å². The fraction of sp³-hybridized carbons (Fsp3) is 0.556. The van der Waals surface area contributed by atoms with Gasteiger partial charge in [0, 0.05) is 18.7 Å². The zero-order chi connectivity index (χ0) is 20.3. The molecule has 0 aliphatic carbocycles. The van der Waals surface area contributed by atoms with E-state index < -0.39 is 10.0 Å². The minimum atomic E-state index is -3.54. The maximum Gasteiger partial charge on any atom is 0.292 e. The molecule has 0 radical (unpaired) electrons. The van der Waals surface area contributed by atoms with Crippen molar-refractivity contribution in [3.05, 3.63) is 29.1 Å². The van der Waals surface area contributed by atoms with Gasteiger partial charge in [-0.1, -0.05) is 19.9 Å². The molecule has 8 nitrogen and oxygen atoms in total. The van der Waals surface area contributed by atoms with Crippen molar-refractivity contribution >= 4 is 22.2 Å². The zero-order valence-electron chi connectivity index (χ0n) is 16.6. The normalized spacial score (nSPS) is 20.6. The smallest absolute Gasteiger partial charge is 0.292 e. The summed E-state index contributed by atoms with van der Waals surface area (Å²) in [6.07, 6.45) is 0. The Balaban J connectivity index is 1.84. The van der Waals surface area contributed by atoms with Crippen LogP contribution in [0.5, 0.6) is 0 Å². The lowest BCUT2D eigenvalue weighted by Gasteiger charge is -2.26. The predicted molar refractivity (Wildman–Crippen MR) is 108 cm³/mol. The van der Waals surface area contributed by atoms with E-state index in [2.05, 4.69) is 12.1 Å². The number of aromatic nitrogens is 2. The van der Waals surface area contributed by atoms with E-state index in [0.717, 1.165) is 26.2 Å². The van der Waals surface area contributed by atoms with Gasteiger partial charge in [-0.25, -0.2) is 8.42 Å². The number of rotatable bonds is 7. The summed E-state index contributed by atoms with van der Waals surface area (Å²) in [5.74, 6) is 0.348. The highest BCUT2D eigenvalue weighted by Gasteiger charge is 2.24. The molecule has 2 aromatic rings. The lowest BCUT2D eigenvalue weighted by molar-refractivity contribution is -1.02. The van der Waals surface area contributed by atoms with Crippen LogP contribution in [0.2, 0.25) is 0 Å². The van der Waals surface area contributed by atoms with Gasteiger partial charge in [0.1, 0.15) is 26.2 Å². The van der Waals surface area contributed by atoms with Crippen molar-refractivity contribution in [2.45, 2.75) is 25.4 Å². The second kappa shape index (κ2) is 8.83. The second-order valence-corrected chi connectivity index (χ2v) is 9.44. The average molecular weight is 428 g/mol. The molecule has 1 aliphatic heterocycles. The Morgan fingerprint density at radius 1 is 1.21 bits per heavy atom. The molecular formula is C18H29N5O3S2+2. The standard InChI is InChI=1S/C18H27N5O3S2/c1-4-22(5-2)28(24,25)16-8-6-7-15(13-16)17-19-23(18(27)26-17)14-21-11-9-20(3)10-12-21/h6-8,13H,4-5,9-12,14H2,1-3H3/p+2. The monoisotopic (exact) mass is 427 g/mol. The first-order valence-electron chi connectivity index (χ1n) is 9.68. The van der Waals surface area contributed by atoms with Gasteiger partial charge in [-0.15, -0.1) is 5.10 Å². The number of hydrogen-bond acceptors (Lipinski definition) is 5. The fourth-order valence-corrected chi connectivity index (χ4v) is 5.11. The molecule has 1 aromatic carbocycles. The van der Waals surface area contributed by atoms with Gasteiger partial charge in [0.05, 0.1) is 11.9 Å². The molecule has 0 bridgehead atoms. The predicted octanol–water partition coefficient (Wildman–Crippen LogP) is -0.726. The van der Waals surface area contributed by atoms with E-state index in [1.807, 2.05) is 13.8 Å². The van der Waals surface area contributed by atoms with Crippen LogP contribution in [0.3, 0.4) is 0 Å². The molecule has 0 unspecified atom stereocenters. The Kier molecular flexibility index (Phi) is 6.66. The van der Waals surface area contributed by atoms with Crippen LogP contribution >= 0.6 is 12.2 Å². The summed E-state index contributed by atoms with van der Waals surface area (Å²) >= 11 is 5.34. The molecule has 1 fully saturated rings. The molecule has 1 aliphatic rings. The van der Waals surface area contributed by atoms with E-state index in [1.54, 1.807) is 33.8 Å². The van der Waals surface area contributed by atoms with Gasteiger partial charge >= 0.3 is 0 Å². The van der Waals surface area contributed by atoms with E-state index in [4.69, 9.17) is 16.6 Å². The molecule has 1 saturated heterocycles. The van der Waals surface area contributed by atoms with Crippen molar-refractivity contribution < 1.29 is 22.6 Å². The second-order valence-electron chi connectivity index (χ2n) is 7.16. The lowest BCUT2D eigenvalue weighted by atomic mass is 10.2. The fourth-order valence-electron chi connectivity index (χ4n) is 3.43. The van der Waals surface area contributed by atoms with E-state index in [-0.39, 0.29) is 4.90 Å². The van der Waals surface area contributed by atoms with Gasteiger partial charge in [0.2, 0.25) is 15.9 Å². The molecule has 10 heteroatoms. The highest BCUT2D eigenvalue weighted by molar-refractivity contribution is 7.89. The molecule has 154 valence electrons. The maximum atomic E-state index is 12.8. The number of nitrogens with one attached hydrogen (secondary N) is 2. The Labute approximate surface area is 171 Å². The van der Waals surface area contributed by atoms with Crippen LogP contribution in [0.25, 0.3) is 11.5 Å². The van der Waals surface area contributed by atoms with Gasteiger partial charge < -0.3 is 14.2 Å². The van der Waals surface area contributed by atoms with Gasteiger partial charge in [0.15, 0.2) is 6.67 Å². The summed E-state index contributed by atoms with van der Waals surface area (Å²) in [7, 11) is -1.33. The third kappa shape index (κ3) is 4.52. The number of nitrogens with zero attached hydrogens (tertiary/aromatic N) is 3. The van der Waals surface area contributed by atoms with Crippen LogP contribution in [-0.2, 0) is 16.7 Å². The van der Waals surface area contributed by atoms with Gasteiger partial charge in [-0.3, -0.25) is 0 Å². The Bertz CT molecular complexity index is 958. The van der Waals surface area contributed by atoms with Gasteiger partial charge in [-0.2, -0.15) is 8.99 Å². The zero-order valence-corrected chi connectivity index (χ0v) is 18.3. The molecule has 2 N–H and O–H groups in total. The van der Waals surface area contributed by atoms with E-state index in [0.29, 0.717) is 36.0 Å². The first-order chi connectivity index (χ1) is 13.3. The average Bonchev–Trinajstić information content (AvgIpc) is 3.05. The first kappa shape index (κ1) is 21.1. The van der Waals surface area contributed by atoms with Crippen LogP contribution in [-0.4, -0.2) is 68.8 Å². The maximum absolute atomic E-state index is 12.8. The highest BCUT2D eigenvalue weighted by atomic mass is 32.2. The Morgan fingerprint density at radius 2 is 1.89 bits per heavy atom. The minimum Gasteiger partial charge on any atom is -0.409 e. The summed E-state index contributed by atoms with van der Waals surface area (Å²) < 4.78 is 34.4. The molecule has 0 atom stereocenters. The number of benzene rings is 1. The Morgan fingerprint density at radius 3 is 2.54 bits per heavy atom. The van der Waals surface area contributed by atoms with Crippen LogP contribution < -0.4 is 9.80 Å². The third-order valence-electron chi connectivity index (χ3n) is 5.21. The highest BCUT2D eigenvalue weighted by Crippen LogP contribution is 2.23. The number of piperazine rings is 1. The SMILES string of the molecule is CCN(CC)S(=O)(=O)c1cccc(-c2nn(C[NH+]3CC[NH+](C)CC3)c(=S)o2)c1. The molecule has 0 saturated carbocycles. The number of likely N-dealkylation sites (N-methyl/N-ethyl adjacent to an activating group) is 1. The molecule has 28 heavy (non-hydrogen) atoms. The summed E-state index contributed by atoms with van der Waals surface area (Å²) in [6, 6.07) is 6.69. The van der Waals surface area contributed by atoms with Crippen molar-refractivity contribution in [3.8, 4) is 11.5 Å². The van der Waals surface area contributed by atoms with Gasteiger partial charge in [-0.05, 0) is 30.4 Å². The Hall–Kier alpha value is -1.59. The van der Waals surface area contributed by atoms with Crippen LogP contribution in [0.15, 0.2) is 33.6 Å². The van der Waals surface area contributed by atoms with E-state index in [1.165, 1.54) is 9.21 Å². The van der Waals surface area contributed by atoms with E-state index >= 15 is 0 Å². The van der Waals surface area contributed by atoms with Crippen LogP contribution in [0.1, 0.15) is 13.8 Å².